The molecule has 5 heteroatoms. The zero-order valence-corrected chi connectivity index (χ0v) is 16.4. The molecule has 1 aromatic carbocycles. The first-order valence-corrected chi connectivity index (χ1v) is 9.90. The molecule has 3 heterocycles. The number of benzene rings is 1. The van der Waals surface area contributed by atoms with Gasteiger partial charge in [-0.2, -0.15) is 0 Å². The molecule has 0 unspecified atom stereocenters. The molecule has 0 spiro atoms. The Labute approximate surface area is 165 Å². The summed E-state index contributed by atoms with van der Waals surface area (Å²) in [6.07, 6.45) is 3.46. The molecule has 5 nitrogen and oxygen atoms in total. The molecule has 1 aliphatic rings. The van der Waals surface area contributed by atoms with Crippen molar-refractivity contribution in [1.82, 2.24) is 9.97 Å². The van der Waals surface area contributed by atoms with E-state index < -0.39 is 0 Å². The van der Waals surface area contributed by atoms with Gasteiger partial charge in [0.1, 0.15) is 5.82 Å². The monoisotopic (exact) mass is 375 g/mol. The molecule has 0 atom stereocenters. The molecule has 3 aromatic rings. The predicted molar refractivity (Wildman–Crippen MR) is 111 cm³/mol. The van der Waals surface area contributed by atoms with E-state index >= 15 is 0 Å². The molecule has 28 heavy (non-hydrogen) atoms. The number of anilines is 1. The number of hydrogen-bond acceptors (Lipinski definition) is 5. The van der Waals surface area contributed by atoms with Gasteiger partial charge in [-0.05, 0) is 56.5 Å². The van der Waals surface area contributed by atoms with Crippen LogP contribution in [0.2, 0.25) is 0 Å². The molecule has 1 saturated heterocycles. The number of fused-ring (bicyclic) bond motifs is 1. The highest BCUT2D eigenvalue weighted by molar-refractivity contribution is 5.94. The van der Waals surface area contributed by atoms with Crippen molar-refractivity contribution in [2.75, 3.05) is 24.6 Å². The molecule has 0 amide bonds. The first-order chi connectivity index (χ1) is 13.7. The van der Waals surface area contributed by atoms with Crippen LogP contribution >= 0.6 is 0 Å². The van der Waals surface area contributed by atoms with Gasteiger partial charge in [-0.3, -0.25) is 9.78 Å². The van der Waals surface area contributed by atoms with Gasteiger partial charge in [0, 0.05) is 35.9 Å². The largest absolute Gasteiger partial charge is 0.466 e. The van der Waals surface area contributed by atoms with Crippen LogP contribution in [0, 0.1) is 12.8 Å². The van der Waals surface area contributed by atoms with Crippen LogP contribution in [0.1, 0.15) is 25.5 Å². The van der Waals surface area contributed by atoms with Crippen molar-refractivity contribution < 1.29 is 9.53 Å². The van der Waals surface area contributed by atoms with Crippen LogP contribution in [0.3, 0.4) is 0 Å². The molecule has 144 valence electrons. The maximum atomic E-state index is 12.0. The molecule has 0 bridgehead atoms. The Bertz CT molecular complexity index is 994. The van der Waals surface area contributed by atoms with E-state index in [0.29, 0.717) is 6.61 Å². The van der Waals surface area contributed by atoms with Crippen molar-refractivity contribution in [3.63, 3.8) is 0 Å². The van der Waals surface area contributed by atoms with Crippen LogP contribution in [0.15, 0.2) is 48.7 Å². The molecule has 0 radical (unpaired) electrons. The number of pyridine rings is 2. The zero-order valence-electron chi connectivity index (χ0n) is 16.4. The van der Waals surface area contributed by atoms with Gasteiger partial charge in [0.05, 0.1) is 18.0 Å². The van der Waals surface area contributed by atoms with Gasteiger partial charge in [0.25, 0.3) is 0 Å². The normalized spacial score (nSPS) is 15.0. The van der Waals surface area contributed by atoms with Crippen molar-refractivity contribution in [3.8, 4) is 11.1 Å². The number of hydrogen-bond donors (Lipinski definition) is 0. The first kappa shape index (κ1) is 18.4. The number of esters is 1. The molecule has 1 aliphatic heterocycles. The quantitative estimate of drug-likeness (QED) is 0.633. The third kappa shape index (κ3) is 3.70. The fraction of sp³-hybridized carbons (Fsp3) is 0.348. The Morgan fingerprint density at radius 2 is 2.00 bits per heavy atom. The third-order valence-electron chi connectivity index (χ3n) is 5.35. The minimum Gasteiger partial charge on any atom is -0.466 e. The number of piperidine rings is 1. The average Bonchev–Trinajstić information content (AvgIpc) is 2.73. The second-order valence-corrected chi connectivity index (χ2v) is 7.25. The summed E-state index contributed by atoms with van der Waals surface area (Å²) < 4.78 is 5.18. The van der Waals surface area contributed by atoms with E-state index in [1.807, 2.05) is 26.1 Å². The lowest BCUT2D eigenvalue weighted by Crippen LogP contribution is -2.37. The first-order valence-electron chi connectivity index (χ1n) is 9.90. The Morgan fingerprint density at radius 3 is 2.75 bits per heavy atom. The van der Waals surface area contributed by atoms with E-state index in [9.17, 15) is 4.79 Å². The zero-order chi connectivity index (χ0) is 19.5. The molecule has 1 fully saturated rings. The molecular weight excluding hydrogens is 350 g/mol. The molecule has 2 aromatic heterocycles. The van der Waals surface area contributed by atoms with Crippen LogP contribution in [-0.2, 0) is 9.53 Å². The second kappa shape index (κ2) is 7.97. The minimum atomic E-state index is -0.0658. The summed E-state index contributed by atoms with van der Waals surface area (Å²) >= 11 is 0. The van der Waals surface area contributed by atoms with Crippen molar-refractivity contribution in [2.24, 2.45) is 5.92 Å². The summed E-state index contributed by atoms with van der Waals surface area (Å²) in [5.41, 5.74) is 4.24. The lowest BCUT2D eigenvalue weighted by Gasteiger charge is -2.31. The maximum absolute atomic E-state index is 12.0. The van der Waals surface area contributed by atoms with Crippen molar-refractivity contribution in [2.45, 2.75) is 26.7 Å². The van der Waals surface area contributed by atoms with Crippen molar-refractivity contribution >= 4 is 22.7 Å². The third-order valence-corrected chi connectivity index (χ3v) is 5.35. The van der Waals surface area contributed by atoms with E-state index in [2.05, 4.69) is 46.3 Å². The van der Waals surface area contributed by atoms with E-state index in [-0.39, 0.29) is 11.9 Å². The number of ether oxygens (including phenoxy) is 1. The van der Waals surface area contributed by atoms with Crippen LogP contribution in [0.25, 0.3) is 22.0 Å². The topological polar surface area (TPSA) is 55.3 Å². The van der Waals surface area contributed by atoms with Gasteiger partial charge >= 0.3 is 5.97 Å². The molecule has 4 rings (SSSR count). The Balaban J connectivity index is 1.62. The summed E-state index contributed by atoms with van der Waals surface area (Å²) in [5, 5.41) is 1.12. The average molecular weight is 375 g/mol. The van der Waals surface area contributed by atoms with Crippen LogP contribution in [0.4, 0.5) is 5.82 Å². The number of carbonyl (C=O) groups is 1. The highest BCUT2D eigenvalue weighted by atomic mass is 16.5. The number of aryl methyl sites for hydroxylation is 1. The number of rotatable bonds is 4. The molecular formula is C23H25N3O2. The van der Waals surface area contributed by atoms with E-state index in [0.717, 1.165) is 59.5 Å². The van der Waals surface area contributed by atoms with E-state index in [4.69, 9.17) is 9.72 Å². The minimum absolute atomic E-state index is 0.00649. The number of nitrogens with zero attached hydrogens (tertiary/aromatic N) is 3. The smallest absolute Gasteiger partial charge is 0.309 e. The molecule has 0 aliphatic carbocycles. The van der Waals surface area contributed by atoms with Gasteiger partial charge in [-0.25, -0.2) is 4.98 Å². The lowest BCUT2D eigenvalue weighted by molar-refractivity contribution is -0.148. The van der Waals surface area contributed by atoms with Gasteiger partial charge in [0.2, 0.25) is 0 Å². The fourth-order valence-corrected chi connectivity index (χ4v) is 3.86. The van der Waals surface area contributed by atoms with Crippen molar-refractivity contribution in [1.29, 1.82) is 0 Å². The van der Waals surface area contributed by atoms with Gasteiger partial charge < -0.3 is 9.64 Å². The maximum Gasteiger partial charge on any atom is 0.309 e. The summed E-state index contributed by atoms with van der Waals surface area (Å²) in [7, 11) is 0. The standard InChI is InChI=1S/C23H25N3O2/c1-3-28-23(27)18-10-13-26(14-11-18)21-8-7-17-5-4-6-20(22(17)25-21)19-9-12-24-16(2)15-19/h4-9,12,15,18H,3,10-11,13-14H2,1-2H3. The number of para-hydroxylation sites is 1. The van der Waals surface area contributed by atoms with Crippen LogP contribution in [0.5, 0.6) is 0 Å². The Hall–Kier alpha value is -2.95. The van der Waals surface area contributed by atoms with Crippen LogP contribution in [-0.4, -0.2) is 35.6 Å². The Morgan fingerprint density at radius 1 is 1.18 bits per heavy atom. The number of aromatic nitrogens is 2. The SMILES string of the molecule is CCOC(=O)C1CCN(c2ccc3cccc(-c4ccnc(C)c4)c3n2)CC1. The summed E-state index contributed by atoms with van der Waals surface area (Å²) in [6.45, 7) is 5.94. The molecule has 0 saturated carbocycles. The van der Waals surface area contributed by atoms with Gasteiger partial charge in [-0.15, -0.1) is 0 Å². The van der Waals surface area contributed by atoms with Gasteiger partial charge in [-0.1, -0.05) is 18.2 Å². The fourth-order valence-electron chi connectivity index (χ4n) is 3.86. The number of carbonyl (C=O) groups excluding carboxylic acids is 1. The lowest BCUT2D eigenvalue weighted by atomic mass is 9.97. The molecule has 0 N–H and O–H groups in total. The summed E-state index contributed by atoms with van der Waals surface area (Å²) in [5.74, 6) is 0.906. The summed E-state index contributed by atoms with van der Waals surface area (Å²) in [4.78, 5) is 23.6. The van der Waals surface area contributed by atoms with Gasteiger partial charge in [0.15, 0.2) is 0 Å². The summed E-state index contributed by atoms with van der Waals surface area (Å²) in [6, 6.07) is 14.6. The predicted octanol–water partition coefficient (Wildman–Crippen LogP) is 4.38. The van der Waals surface area contributed by atoms with Crippen molar-refractivity contribution in [3.05, 3.63) is 54.4 Å². The van der Waals surface area contributed by atoms with Crippen LogP contribution < -0.4 is 4.90 Å². The Kier molecular flexibility index (Phi) is 5.24. The van der Waals surface area contributed by atoms with E-state index in [1.54, 1.807) is 0 Å². The second-order valence-electron chi connectivity index (χ2n) is 7.25. The highest BCUT2D eigenvalue weighted by Gasteiger charge is 2.26. The van der Waals surface area contributed by atoms with E-state index in [1.165, 1.54) is 0 Å². The highest BCUT2D eigenvalue weighted by Crippen LogP contribution is 2.30.